The van der Waals surface area contributed by atoms with Gasteiger partial charge in [-0.3, -0.25) is 9.89 Å². The van der Waals surface area contributed by atoms with Crippen LogP contribution in [0.5, 0.6) is 0 Å². The lowest BCUT2D eigenvalue weighted by Gasteiger charge is -2.30. The average molecular weight is 471 g/mol. The van der Waals surface area contributed by atoms with E-state index in [0.717, 1.165) is 37.3 Å². The Kier molecular flexibility index (Phi) is 13.7. The summed E-state index contributed by atoms with van der Waals surface area (Å²) < 4.78 is 0. The van der Waals surface area contributed by atoms with E-state index in [0.29, 0.717) is 18.1 Å². The quantitative estimate of drug-likeness (QED) is 0.232. The van der Waals surface area contributed by atoms with Crippen molar-refractivity contribution in [2.75, 3.05) is 25.9 Å². The van der Waals surface area contributed by atoms with Gasteiger partial charge in [-0.15, -0.1) is 24.0 Å². The predicted octanol–water partition coefficient (Wildman–Crippen LogP) is 3.95. The number of hydrogen-bond acceptors (Lipinski definition) is 3. The molecule has 2 unspecified atom stereocenters. The lowest BCUT2D eigenvalue weighted by Crippen LogP contribution is -2.43. The largest absolute Gasteiger partial charge is 0.357 e. The van der Waals surface area contributed by atoms with Crippen molar-refractivity contribution in [3.05, 3.63) is 0 Å². The van der Waals surface area contributed by atoms with Gasteiger partial charge >= 0.3 is 0 Å². The summed E-state index contributed by atoms with van der Waals surface area (Å²) in [7, 11) is 0. The summed E-state index contributed by atoms with van der Waals surface area (Å²) in [5, 5.41) is 7.84. The molecule has 0 aromatic rings. The zero-order valence-electron chi connectivity index (χ0n) is 16.5. The molecular formula is C18H39IN4S. The van der Waals surface area contributed by atoms with E-state index in [4.69, 9.17) is 4.99 Å². The number of halogens is 1. The maximum Gasteiger partial charge on any atom is 0.191 e. The highest BCUT2D eigenvalue weighted by Gasteiger charge is 2.24. The standard InChI is InChI=1S/C18H38N4S.HI/c1-7-19-18(21-16-9-10-17(13-16)23-6)20-11-8-12-22(14(2)3)15(4)5;/h14-17H,7-13H2,1-6H3,(H2,19,20,21);1H. The minimum atomic E-state index is 0. The van der Waals surface area contributed by atoms with Gasteiger partial charge in [0.2, 0.25) is 0 Å². The first-order chi connectivity index (χ1) is 11.0. The third-order valence-corrected chi connectivity index (χ3v) is 5.67. The van der Waals surface area contributed by atoms with Gasteiger partial charge in [0.25, 0.3) is 0 Å². The summed E-state index contributed by atoms with van der Waals surface area (Å²) in [6, 6.07) is 1.80. The van der Waals surface area contributed by atoms with Crippen LogP contribution >= 0.6 is 35.7 Å². The van der Waals surface area contributed by atoms with Gasteiger partial charge in [-0.05, 0) is 66.6 Å². The van der Waals surface area contributed by atoms with Crippen molar-refractivity contribution in [2.24, 2.45) is 4.99 Å². The Balaban J connectivity index is 0.00000529. The number of nitrogens with one attached hydrogen (secondary N) is 2. The van der Waals surface area contributed by atoms with Crippen LogP contribution in [-0.2, 0) is 0 Å². The van der Waals surface area contributed by atoms with Crippen LogP contribution in [0, 0.1) is 0 Å². The van der Waals surface area contributed by atoms with Crippen LogP contribution in [0.25, 0.3) is 0 Å². The molecule has 0 aromatic carbocycles. The van der Waals surface area contributed by atoms with Crippen molar-refractivity contribution in [2.45, 2.75) is 83.7 Å². The predicted molar refractivity (Wildman–Crippen MR) is 121 cm³/mol. The number of nitrogens with zero attached hydrogens (tertiary/aromatic N) is 2. The lowest BCUT2D eigenvalue weighted by atomic mass is 10.2. The Bertz CT molecular complexity index is 342. The summed E-state index contributed by atoms with van der Waals surface area (Å²) in [6.45, 7) is 14.2. The highest BCUT2D eigenvalue weighted by atomic mass is 127. The van der Waals surface area contributed by atoms with Crippen molar-refractivity contribution in [3.63, 3.8) is 0 Å². The molecule has 0 heterocycles. The summed E-state index contributed by atoms with van der Waals surface area (Å²) >= 11 is 2.00. The summed E-state index contributed by atoms with van der Waals surface area (Å²) in [4.78, 5) is 7.32. The smallest absolute Gasteiger partial charge is 0.191 e. The molecule has 0 radical (unpaired) electrons. The second-order valence-electron chi connectivity index (χ2n) is 7.05. The van der Waals surface area contributed by atoms with Gasteiger partial charge in [0, 0.05) is 43.0 Å². The molecule has 24 heavy (non-hydrogen) atoms. The zero-order chi connectivity index (χ0) is 17.2. The molecule has 1 rings (SSSR count). The second-order valence-corrected chi connectivity index (χ2v) is 8.19. The van der Waals surface area contributed by atoms with E-state index in [-0.39, 0.29) is 24.0 Å². The number of rotatable bonds is 9. The van der Waals surface area contributed by atoms with Crippen molar-refractivity contribution in [1.29, 1.82) is 0 Å². The monoisotopic (exact) mass is 470 g/mol. The molecule has 0 amide bonds. The molecule has 0 saturated heterocycles. The van der Waals surface area contributed by atoms with Crippen LogP contribution in [0.2, 0.25) is 0 Å². The van der Waals surface area contributed by atoms with Crippen LogP contribution in [0.3, 0.4) is 0 Å². The maximum atomic E-state index is 4.78. The Morgan fingerprint density at radius 3 is 2.38 bits per heavy atom. The summed E-state index contributed by atoms with van der Waals surface area (Å²) in [5.74, 6) is 1.000. The number of guanidine groups is 1. The second kappa shape index (κ2) is 13.5. The highest BCUT2D eigenvalue weighted by molar-refractivity contribution is 14.0. The average Bonchev–Trinajstić information content (AvgIpc) is 2.94. The maximum absolute atomic E-state index is 4.78. The third kappa shape index (κ3) is 9.13. The molecule has 4 nitrogen and oxygen atoms in total. The molecule has 0 bridgehead atoms. The first-order valence-electron chi connectivity index (χ1n) is 9.31. The molecule has 1 aliphatic rings. The van der Waals surface area contributed by atoms with Crippen molar-refractivity contribution in [3.8, 4) is 0 Å². The fourth-order valence-electron chi connectivity index (χ4n) is 3.36. The molecule has 6 heteroatoms. The molecule has 1 aliphatic carbocycles. The van der Waals surface area contributed by atoms with Gasteiger partial charge in [-0.1, -0.05) is 0 Å². The Hall–Kier alpha value is 0.310. The SMILES string of the molecule is CCNC(=NCCCN(C(C)C)C(C)C)NC1CCC(SC)C1.I. The van der Waals surface area contributed by atoms with Gasteiger partial charge in [-0.2, -0.15) is 11.8 Å². The molecular weight excluding hydrogens is 431 g/mol. The highest BCUT2D eigenvalue weighted by Crippen LogP contribution is 2.27. The molecule has 144 valence electrons. The number of aliphatic imine (C=N–C) groups is 1. The fourth-order valence-corrected chi connectivity index (χ4v) is 4.15. The van der Waals surface area contributed by atoms with Crippen molar-refractivity contribution >= 4 is 41.7 Å². The molecule has 1 fully saturated rings. The first-order valence-corrected chi connectivity index (χ1v) is 10.6. The molecule has 2 atom stereocenters. The summed E-state index contributed by atoms with van der Waals surface area (Å²) in [6.07, 6.45) is 7.20. The molecule has 2 N–H and O–H groups in total. The van der Waals surface area contributed by atoms with E-state index in [2.05, 4.69) is 56.4 Å². The van der Waals surface area contributed by atoms with Crippen LogP contribution in [0.15, 0.2) is 4.99 Å². The van der Waals surface area contributed by atoms with E-state index >= 15 is 0 Å². The van der Waals surface area contributed by atoms with E-state index < -0.39 is 0 Å². The normalized spacial score (nSPS) is 21.5. The minimum Gasteiger partial charge on any atom is -0.357 e. The van der Waals surface area contributed by atoms with Crippen LogP contribution < -0.4 is 10.6 Å². The first kappa shape index (κ1) is 24.3. The fraction of sp³-hybridized carbons (Fsp3) is 0.944. The Labute approximate surface area is 171 Å². The molecule has 0 aromatic heterocycles. The molecule has 1 saturated carbocycles. The van der Waals surface area contributed by atoms with Crippen LogP contribution in [0.4, 0.5) is 0 Å². The van der Waals surface area contributed by atoms with E-state index in [9.17, 15) is 0 Å². The van der Waals surface area contributed by atoms with Gasteiger partial charge in [0.1, 0.15) is 0 Å². The molecule has 0 spiro atoms. The van der Waals surface area contributed by atoms with E-state index in [1.165, 1.54) is 19.3 Å². The van der Waals surface area contributed by atoms with Gasteiger partial charge in [0.15, 0.2) is 5.96 Å². The third-order valence-electron chi connectivity index (χ3n) is 4.57. The van der Waals surface area contributed by atoms with Crippen molar-refractivity contribution in [1.82, 2.24) is 15.5 Å². The van der Waals surface area contributed by atoms with Gasteiger partial charge in [0.05, 0.1) is 0 Å². The summed E-state index contributed by atoms with van der Waals surface area (Å²) in [5.41, 5.74) is 0. The Morgan fingerprint density at radius 2 is 1.88 bits per heavy atom. The number of hydrogen-bond donors (Lipinski definition) is 2. The topological polar surface area (TPSA) is 39.7 Å². The minimum absolute atomic E-state index is 0. The van der Waals surface area contributed by atoms with Gasteiger partial charge in [-0.25, -0.2) is 0 Å². The molecule has 0 aliphatic heterocycles. The van der Waals surface area contributed by atoms with E-state index in [1.54, 1.807) is 0 Å². The van der Waals surface area contributed by atoms with Crippen LogP contribution in [-0.4, -0.2) is 60.1 Å². The van der Waals surface area contributed by atoms with Gasteiger partial charge < -0.3 is 10.6 Å². The number of thioether (sulfide) groups is 1. The van der Waals surface area contributed by atoms with E-state index in [1.807, 2.05) is 11.8 Å². The van der Waals surface area contributed by atoms with Crippen LogP contribution in [0.1, 0.15) is 60.3 Å². The lowest BCUT2D eigenvalue weighted by molar-refractivity contribution is 0.174. The Morgan fingerprint density at radius 1 is 1.21 bits per heavy atom. The van der Waals surface area contributed by atoms with Crippen molar-refractivity contribution < 1.29 is 0 Å². The zero-order valence-corrected chi connectivity index (χ0v) is 19.6.